The van der Waals surface area contributed by atoms with Gasteiger partial charge in [-0.05, 0) is 24.7 Å². The summed E-state index contributed by atoms with van der Waals surface area (Å²) in [6, 6.07) is 0. The largest absolute Gasteiger partial charge is 0.300 e. The standard InChI is InChI=1S/C13H20O2/c1-9-6-5-7-13(3,4)12(9)11(15)8-10(2)14/h5-6,9,12H,7-8H2,1-4H3. The lowest BCUT2D eigenvalue weighted by molar-refractivity contribution is -0.132. The van der Waals surface area contributed by atoms with E-state index >= 15 is 0 Å². The quantitative estimate of drug-likeness (QED) is 0.528. The van der Waals surface area contributed by atoms with E-state index < -0.39 is 0 Å². The molecule has 2 heteroatoms. The van der Waals surface area contributed by atoms with Gasteiger partial charge in [0.2, 0.25) is 0 Å². The molecule has 0 N–H and O–H groups in total. The number of hydrogen-bond donors (Lipinski definition) is 0. The fraction of sp³-hybridized carbons (Fsp3) is 0.692. The number of ketones is 2. The van der Waals surface area contributed by atoms with Crippen molar-refractivity contribution in [2.45, 2.75) is 40.5 Å². The molecule has 1 aliphatic rings. The highest BCUT2D eigenvalue weighted by Gasteiger charge is 2.39. The van der Waals surface area contributed by atoms with Gasteiger partial charge in [-0.15, -0.1) is 0 Å². The number of rotatable bonds is 3. The van der Waals surface area contributed by atoms with Crippen LogP contribution in [0.3, 0.4) is 0 Å². The van der Waals surface area contributed by atoms with E-state index in [9.17, 15) is 9.59 Å². The zero-order valence-electron chi connectivity index (χ0n) is 10.0. The third-order valence-corrected chi connectivity index (χ3v) is 3.22. The normalized spacial score (nSPS) is 28.8. The van der Waals surface area contributed by atoms with Crippen molar-refractivity contribution in [2.24, 2.45) is 17.3 Å². The summed E-state index contributed by atoms with van der Waals surface area (Å²) in [5.41, 5.74) is -0.0132. The summed E-state index contributed by atoms with van der Waals surface area (Å²) in [6.07, 6.45) is 5.24. The number of allylic oxidation sites excluding steroid dienone is 2. The van der Waals surface area contributed by atoms with Crippen molar-refractivity contribution in [3.63, 3.8) is 0 Å². The van der Waals surface area contributed by atoms with E-state index in [1.807, 2.05) is 0 Å². The lowest BCUT2D eigenvalue weighted by Crippen LogP contribution is -2.37. The second kappa shape index (κ2) is 4.30. The number of Topliss-reactive ketones (excluding diaryl/α,β-unsaturated/α-hetero) is 2. The topological polar surface area (TPSA) is 34.1 Å². The second-order valence-corrected chi connectivity index (χ2v) is 5.30. The van der Waals surface area contributed by atoms with Crippen LogP contribution in [-0.2, 0) is 9.59 Å². The van der Waals surface area contributed by atoms with Gasteiger partial charge in [0.15, 0.2) is 0 Å². The van der Waals surface area contributed by atoms with Crippen LogP contribution in [0.1, 0.15) is 40.5 Å². The Morgan fingerprint density at radius 1 is 1.40 bits per heavy atom. The summed E-state index contributed by atoms with van der Waals surface area (Å²) in [7, 11) is 0. The molecule has 1 rings (SSSR count). The van der Waals surface area contributed by atoms with Gasteiger partial charge < -0.3 is 0 Å². The van der Waals surface area contributed by atoms with E-state index in [0.717, 1.165) is 6.42 Å². The van der Waals surface area contributed by atoms with Crippen LogP contribution in [0.25, 0.3) is 0 Å². The van der Waals surface area contributed by atoms with Crippen LogP contribution in [0.5, 0.6) is 0 Å². The van der Waals surface area contributed by atoms with Gasteiger partial charge in [0.05, 0.1) is 6.42 Å². The zero-order valence-corrected chi connectivity index (χ0v) is 10.0. The van der Waals surface area contributed by atoms with Crippen LogP contribution < -0.4 is 0 Å². The molecule has 0 saturated heterocycles. The Balaban J connectivity index is 2.85. The molecule has 0 aromatic heterocycles. The first-order chi connectivity index (χ1) is 6.84. The highest BCUT2D eigenvalue weighted by Crippen LogP contribution is 2.41. The SMILES string of the molecule is CC(=O)CC(=O)C1C(C)C=CCC1(C)C. The van der Waals surface area contributed by atoms with E-state index in [1.54, 1.807) is 0 Å². The molecule has 0 saturated carbocycles. The first kappa shape index (κ1) is 12.2. The van der Waals surface area contributed by atoms with Crippen molar-refractivity contribution >= 4 is 11.6 Å². The van der Waals surface area contributed by atoms with Crippen molar-refractivity contribution in [2.75, 3.05) is 0 Å². The average Bonchev–Trinajstić information content (AvgIpc) is 1.99. The first-order valence-corrected chi connectivity index (χ1v) is 5.53. The molecule has 0 aromatic carbocycles. The maximum Gasteiger partial charge on any atom is 0.144 e. The summed E-state index contributed by atoms with van der Waals surface area (Å²) in [6.45, 7) is 7.75. The molecule has 0 aromatic rings. The van der Waals surface area contributed by atoms with Crippen molar-refractivity contribution in [1.82, 2.24) is 0 Å². The fourth-order valence-electron chi connectivity index (χ4n) is 2.62. The number of carbonyl (C=O) groups excluding carboxylic acids is 2. The van der Waals surface area contributed by atoms with Gasteiger partial charge in [-0.1, -0.05) is 32.9 Å². The zero-order chi connectivity index (χ0) is 11.6. The van der Waals surface area contributed by atoms with Crippen molar-refractivity contribution in [3.8, 4) is 0 Å². The van der Waals surface area contributed by atoms with E-state index in [-0.39, 0.29) is 35.2 Å². The van der Waals surface area contributed by atoms with Crippen molar-refractivity contribution in [3.05, 3.63) is 12.2 Å². The molecule has 0 fully saturated rings. The minimum atomic E-state index is -0.0300. The summed E-state index contributed by atoms with van der Waals surface area (Å²) in [5, 5.41) is 0. The van der Waals surface area contributed by atoms with E-state index in [1.165, 1.54) is 6.92 Å². The Morgan fingerprint density at radius 2 is 2.00 bits per heavy atom. The molecule has 0 radical (unpaired) electrons. The Labute approximate surface area is 91.7 Å². The van der Waals surface area contributed by atoms with E-state index in [0.29, 0.717) is 0 Å². The second-order valence-electron chi connectivity index (χ2n) is 5.30. The van der Waals surface area contributed by atoms with Gasteiger partial charge >= 0.3 is 0 Å². The number of carbonyl (C=O) groups is 2. The van der Waals surface area contributed by atoms with Gasteiger partial charge in [-0.2, -0.15) is 0 Å². The van der Waals surface area contributed by atoms with E-state index in [4.69, 9.17) is 0 Å². The molecule has 0 amide bonds. The molecule has 0 spiro atoms. The van der Waals surface area contributed by atoms with Crippen molar-refractivity contribution < 1.29 is 9.59 Å². The molecular formula is C13H20O2. The molecule has 0 bridgehead atoms. The molecule has 15 heavy (non-hydrogen) atoms. The van der Waals surface area contributed by atoms with E-state index in [2.05, 4.69) is 32.9 Å². The third kappa shape index (κ3) is 2.77. The van der Waals surface area contributed by atoms with Gasteiger partial charge in [0, 0.05) is 5.92 Å². The summed E-state index contributed by atoms with van der Waals surface area (Å²) < 4.78 is 0. The molecule has 84 valence electrons. The van der Waals surface area contributed by atoms with Crippen LogP contribution in [0.2, 0.25) is 0 Å². The molecule has 0 heterocycles. The van der Waals surface area contributed by atoms with Gasteiger partial charge in [0.1, 0.15) is 11.6 Å². The molecule has 0 aliphatic heterocycles. The minimum Gasteiger partial charge on any atom is -0.300 e. The highest BCUT2D eigenvalue weighted by molar-refractivity contribution is 5.99. The Morgan fingerprint density at radius 3 is 2.47 bits per heavy atom. The minimum absolute atomic E-state index is 0.00796. The lowest BCUT2D eigenvalue weighted by atomic mass is 9.65. The molecule has 2 nitrogen and oxygen atoms in total. The van der Waals surface area contributed by atoms with Gasteiger partial charge in [0.25, 0.3) is 0 Å². The molecule has 2 atom stereocenters. The Bertz CT molecular complexity index is 300. The number of hydrogen-bond acceptors (Lipinski definition) is 2. The summed E-state index contributed by atoms with van der Waals surface area (Å²) >= 11 is 0. The summed E-state index contributed by atoms with van der Waals surface area (Å²) in [5.74, 6) is 0.314. The maximum absolute atomic E-state index is 12.0. The third-order valence-electron chi connectivity index (χ3n) is 3.22. The van der Waals surface area contributed by atoms with Gasteiger partial charge in [-0.25, -0.2) is 0 Å². The molecule has 1 aliphatic carbocycles. The predicted octanol–water partition coefficient (Wildman–Crippen LogP) is 2.77. The first-order valence-electron chi connectivity index (χ1n) is 5.53. The Hall–Kier alpha value is -0.920. The van der Waals surface area contributed by atoms with Crippen LogP contribution in [0.15, 0.2) is 12.2 Å². The predicted molar refractivity (Wildman–Crippen MR) is 60.5 cm³/mol. The lowest BCUT2D eigenvalue weighted by Gasteiger charge is -2.38. The summed E-state index contributed by atoms with van der Waals surface area (Å²) in [4.78, 5) is 23.0. The smallest absolute Gasteiger partial charge is 0.144 e. The highest BCUT2D eigenvalue weighted by atomic mass is 16.1. The molecular weight excluding hydrogens is 188 g/mol. The molecule has 2 unspecified atom stereocenters. The van der Waals surface area contributed by atoms with Gasteiger partial charge in [-0.3, -0.25) is 9.59 Å². The van der Waals surface area contributed by atoms with Crippen LogP contribution in [0, 0.1) is 17.3 Å². The maximum atomic E-state index is 12.0. The Kier molecular flexibility index (Phi) is 3.48. The monoisotopic (exact) mass is 208 g/mol. The average molecular weight is 208 g/mol. The van der Waals surface area contributed by atoms with Crippen LogP contribution in [-0.4, -0.2) is 11.6 Å². The fourth-order valence-corrected chi connectivity index (χ4v) is 2.62. The van der Waals surface area contributed by atoms with Crippen LogP contribution in [0.4, 0.5) is 0 Å². The van der Waals surface area contributed by atoms with Crippen molar-refractivity contribution in [1.29, 1.82) is 0 Å². The van der Waals surface area contributed by atoms with Crippen LogP contribution >= 0.6 is 0 Å².